The van der Waals surface area contributed by atoms with Crippen LogP contribution in [0.15, 0.2) is 71.7 Å². The molecule has 0 radical (unpaired) electrons. The van der Waals surface area contributed by atoms with Gasteiger partial charge in [0.25, 0.3) is 11.5 Å². The number of alkyl halides is 3. The van der Waals surface area contributed by atoms with E-state index in [2.05, 4.69) is 5.32 Å². The van der Waals surface area contributed by atoms with Crippen molar-refractivity contribution in [3.8, 4) is 11.5 Å². The standard InChI is InChI=1S/C21H17F3N2O4/c22-21(23,24)15-10-18(20(28)25-11-15)26-19(27)13-30-17-8-6-16(7-9-17)29-12-14-4-2-1-3-5-14/h1-11H,12-13H2,(H,25,28)(H,26,27). The lowest BCUT2D eigenvalue weighted by molar-refractivity contribution is -0.137. The number of halogens is 3. The van der Waals surface area contributed by atoms with Gasteiger partial charge in [0.1, 0.15) is 23.8 Å². The summed E-state index contributed by atoms with van der Waals surface area (Å²) in [5.41, 5.74) is -1.43. The molecule has 0 aliphatic heterocycles. The highest BCUT2D eigenvalue weighted by Crippen LogP contribution is 2.29. The van der Waals surface area contributed by atoms with Crippen molar-refractivity contribution in [2.45, 2.75) is 12.8 Å². The lowest BCUT2D eigenvalue weighted by Gasteiger charge is -2.10. The van der Waals surface area contributed by atoms with Crippen LogP contribution in [0.4, 0.5) is 18.9 Å². The smallest absolute Gasteiger partial charge is 0.417 e. The van der Waals surface area contributed by atoms with E-state index in [0.29, 0.717) is 30.4 Å². The number of ether oxygens (including phenoxy) is 2. The normalized spacial score (nSPS) is 11.0. The van der Waals surface area contributed by atoms with Crippen molar-refractivity contribution in [1.82, 2.24) is 4.98 Å². The lowest BCUT2D eigenvalue weighted by atomic mass is 10.2. The Morgan fingerprint density at radius 3 is 2.23 bits per heavy atom. The number of hydrogen-bond acceptors (Lipinski definition) is 4. The summed E-state index contributed by atoms with van der Waals surface area (Å²) >= 11 is 0. The first kappa shape index (κ1) is 21.0. The van der Waals surface area contributed by atoms with Crippen LogP contribution in [-0.2, 0) is 17.6 Å². The van der Waals surface area contributed by atoms with Crippen molar-refractivity contribution in [2.24, 2.45) is 0 Å². The van der Waals surface area contributed by atoms with Gasteiger partial charge in [-0.15, -0.1) is 0 Å². The second kappa shape index (κ2) is 9.17. The van der Waals surface area contributed by atoms with Crippen molar-refractivity contribution in [2.75, 3.05) is 11.9 Å². The Morgan fingerprint density at radius 2 is 1.60 bits per heavy atom. The molecule has 0 unspecified atom stereocenters. The minimum Gasteiger partial charge on any atom is -0.489 e. The first-order chi connectivity index (χ1) is 14.3. The van der Waals surface area contributed by atoms with Crippen molar-refractivity contribution in [3.63, 3.8) is 0 Å². The summed E-state index contributed by atoms with van der Waals surface area (Å²) in [6, 6.07) is 16.7. The molecule has 3 aromatic rings. The van der Waals surface area contributed by atoms with Gasteiger partial charge >= 0.3 is 6.18 Å². The zero-order chi connectivity index (χ0) is 21.6. The Hall–Kier alpha value is -3.75. The number of pyridine rings is 1. The lowest BCUT2D eigenvalue weighted by Crippen LogP contribution is -2.25. The summed E-state index contributed by atoms with van der Waals surface area (Å²) in [5.74, 6) is 0.186. The van der Waals surface area contributed by atoms with Crippen molar-refractivity contribution < 1.29 is 27.4 Å². The summed E-state index contributed by atoms with van der Waals surface area (Å²) in [7, 11) is 0. The Kier molecular flexibility index (Phi) is 6.41. The Bertz CT molecular complexity index is 1050. The summed E-state index contributed by atoms with van der Waals surface area (Å²) in [6.07, 6.45) is -4.11. The second-order valence-corrected chi connectivity index (χ2v) is 6.21. The first-order valence-corrected chi connectivity index (χ1v) is 8.80. The third-order valence-corrected chi connectivity index (χ3v) is 3.95. The van der Waals surface area contributed by atoms with Crippen molar-refractivity contribution >= 4 is 11.6 Å². The van der Waals surface area contributed by atoms with E-state index < -0.39 is 35.5 Å². The fourth-order valence-electron chi connectivity index (χ4n) is 2.45. The first-order valence-electron chi connectivity index (χ1n) is 8.80. The van der Waals surface area contributed by atoms with Gasteiger partial charge in [0, 0.05) is 6.20 Å². The number of H-pyrrole nitrogens is 1. The molecule has 6 nitrogen and oxygen atoms in total. The fourth-order valence-corrected chi connectivity index (χ4v) is 2.45. The number of hydrogen-bond donors (Lipinski definition) is 2. The van der Waals surface area contributed by atoms with Crippen LogP contribution in [0, 0.1) is 0 Å². The summed E-state index contributed by atoms with van der Waals surface area (Å²) in [4.78, 5) is 25.5. The molecule has 1 aromatic heterocycles. The topological polar surface area (TPSA) is 80.4 Å². The van der Waals surface area contributed by atoms with Gasteiger partial charge < -0.3 is 19.8 Å². The Labute approximate surface area is 169 Å². The van der Waals surface area contributed by atoms with Crippen LogP contribution in [0.2, 0.25) is 0 Å². The van der Waals surface area contributed by atoms with E-state index in [-0.39, 0.29) is 0 Å². The number of benzene rings is 2. The monoisotopic (exact) mass is 418 g/mol. The second-order valence-electron chi connectivity index (χ2n) is 6.21. The zero-order valence-corrected chi connectivity index (χ0v) is 15.5. The van der Waals surface area contributed by atoms with Crippen LogP contribution >= 0.6 is 0 Å². The quantitative estimate of drug-likeness (QED) is 0.608. The molecular formula is C21H17F3N2O4. The van der Waals surface area contributed by atoms with Crippen LogP contribution in [0.5, 0.6) is 11.5 Å². The van der Waals surface area contributed by atoms with E-state index in [4.69, 9.17) is 9.47 Å². The van der Waals surface area contributed by atoms with Crippen LogP contribution in [0.1, 0.15) is 11.1 Å². The number of nitrogens with one attached hydrogen (secondary N) is 2. The fraction of sp³-hybridized carbons (Fsp3) is 0.143. The van der Waals surface area contributed by atoms with Gasteiger partial charge in [-0.2, -0.15) is 13.2 Å². The van der Waals surface area contributed by atoms with E-state index >= 15 is 0 Å². The molecule has 0 fully saturated rings. The summed E-state index contributed by atoms with van der Waals surface area (Å²) in [6.45, 7) is -0.0884. The maximum Gasteiger partial charge on any atom is 0.417 e. The molecule has 0 bridgehead atoms. The highest BCUT2D eigenvalue weighted by Gasteiger charge is 2.31. The average Bonchev–Trinajstić information content (AvgIpc) is 2.73. The van der Waals surface area contributed by atoms with E-state index in [9.17, 15) is 22.8 Å². The van der Waals surface area contributed by atoms with Gasteiger partial charge in [0.2, 0.25) is 0 Å². The van der Waals surface area contributed by atoms with Crippen molar-refractivity contribution in [1.29, 1.82) is 0 Å². The van der Waals surface area contributed by atoms with Gasteiger partial charge in [-0.1, -0.05) is 30.3 Å². The molecule has 1 amide bonds. The number of rotatable bonds is 7. The van der Waals surface area contributed by atoms with Gasteiger partial charge in [-0.05, 0) is 35.9 Å². The van der Waals surface area contributed by atoms with Crippen LogP contribution in [0.3, 0.4) is 0 Å². The number of carbonyl (C=O) groups excluding carboxylic acids is 1. The number of aromatic amines is 1. The SMILES string of the molecule is O=C(COc1ccc(OCc2ccccc2)cc1)Nc1cc(C(F)(F)F)c[nH]c1=O. The zero-order valence-electron chi connectivity index (χ0n) is 15.5. The Balaban J connectivity index is 1.52. The largest absolute Gasteiger partial charge is 0.489 e. The molecule has 9 heteroatoms. The van der Waals surface area contributed by atoms with Gasteiger partial charge in [0.15, 0.2) is 6.61 Å². The number of aromatic nitrogens is 1. The van der Waals surface area contributed by atoms with Crippen LogP contribution in [0.25, 0.3) is 0 Å². The molecule has 0 atom stereocenters. The summed E-state index contributed by atoms with van der Waals surface area (Å²) in [5, 5.41) is 2.11. The van der Waals surface area contributed by atoms with Crippen LogP contribution in [-0.4, -0.2) is 17.5 Å². The van der Waals surface area contributed by atoms with Crippen LogP contribution < -0.4 is 20.3 Å². The summed E-state index contributed by atoms with van der Waals surface area (Å²) < 4.78 is 49.1. The molecule has 30 heavy (non-hydrogen) atoms. The maximum atomic E-state index is 12.7. The van der Waals surface area contributed by atoms with E-state index in [1.54, 1.807) is 24.3 Å². The molecule has 0 spiro atoms. The van der Waals surface area contributed by atoms with E-state index in [1.165, 1.54) is 0 Å². The molecule has 2 aromatic carbocycles. The highest BCUT2D eigenvalue weighted by atomic mass is 19.4. The number of carbonyl (C=O) groups is 1. The molecule has 0 saturated carbocycles. The van der Waals surface area contributed by atoms with E-state index in [1.807, 2.05) is 35.3 Å². The number of anilines is 1. The number of amides is 1. The maximum absolute atomic E-state index is 12.7. The molecule has 2 N–H and O–H groups in total. The molecule has 0 saturated heterocycles. The predicted octanol–water partition coefficient (Wildman–Crippen LogP) is 3.99. The minimum atomic E-state index is -4.65. The molecule has 0 aliphatic carbocycles. The van der Waals surface area contributed by atoms with Gasteiger partial charge in [-0.3, -0.25) is 9.59 Å². The highest BCUT2D eigenvalue weighted by molar-refractivity contribution is 5.91. The third kappa shape index (κ3) is 5.87. The van der Waals surface area contributed by atoms with Crippen molar-refractivity contribution in [3.05, 3.63) is 88.3 Å². The third-order valence-electron chi connectivity index (χ3n) is 3.95. The molecular weight excluding hydrogens is 401 g/mol. The molecule has 0 aliphatic rings. The van der Waals surface area contributed by atoms with Gasteiger partial charge in [0.05, 0.1) is 5.56 Å². The average molecular weight is 418 g/mol. The molecule has 3 rings (SSSR count). The minimum absolute atomic E-state index is 0.357. The van der Waals surface area contributed by atoms with Gasteiger partial charge in [-0.25, -0.2) is 0 Å². The predicted molar refractivity (Wildman–Crippen MR) is 103 cm³/mol. The molecule has 1 heterocycles. The molecule has 156 valence electrons. The Morgan fingerprint density at radius 1 is 0.967 bits per heavy atom. The van der Waals surface area contributed by atoms with E-state index in [0.717, 1.165) is 5.56 Å².